The van der Waals surface area contributed by atoms with Crippen molar-refractivity contribution in [2.24, 2.45) is 0 Å². The van der Waals surface area contributed by atoms with Crippen LogP contribution in [0.3, 0.4) is 0 Å². The zero-order valence-corrected chi connectivity index (χ0v) is 11.6. The number of aliphatic hydroxyl groups excluding tert-OH is 1. The Morgan fingerprint density at radius 3 is 2.76 bits per heavy atom. The van der Waals surface area contributed by atoms with Gasteiger partial charge >= 0.3 is 5.69 Å². The smallest absolute Gasteiger partial charge is 0.330 e. The Kier molecular flexibility index (Phi) is 2.75. The fraction of sp³-hybridized carbons (Fsp3) is 0.692. The first kappa shape index (κ1) is 12.1. The monoisotopic (exact) mass is 300 g/mol. The first-order valence-corrected chi connectivity index (χ1v) is 6.57. The molecule has 3 N–H and O–H groups in total. The van der Waals surface area contributed by atoms with Gasteiger partial charge in [-0.2, -0.15) is 0 Å². The van der Waals surface area contributed by atoms with Crippen molar-refractivity contribution >= 4 is 0 Å². The van der Waals surface area contributed by atoms with Crippen LogP contribution in [-0.2, 0) is 9.47 Å². The summed E-state index contributed by atoms with van der Waals surface area (Å²) in [6.45, 7) is 1.42. The highest BCUT2D eigenvalue weighted by molar-refractivity contribution is 5.17. The largest absolute Gasteiger partial charge is 0.394 e. The van der Waals surface area contributed by atoms with Gasteiger partial charge in [0.2, 0.25) is 0 Å². The molecule has 116 valence electrons. The lowest BCUT2D eigenvalue weighted by molar-refractivity contribution is -0.227. The molecule has 0 aliphatic carbocycles. The van der Waals surface area contributed by atoms with E-state index in [4.69, 9.17) is 12.2 Å². The van der Waals surface area contributed by atoms with E-state index in [1.165, 1.54) is 13.8 Å². The SMILES string of the molecule is [2H]C(O)[C@H]1O[C@@H](n2c(C)c(C)c(=O)[nH]c2=O)[C@@]2(CCO2)[C@]1([2H])O. The Labute approximate surface area is 122 Å². The minimum atomic E-state index is -2.41. The third-order valence-electron chi connectivity index (χ3n) is 4.26. The molecular formula is C13H18N2O6. The Bertz CT molecular complexity index is 752. The molecule has 1 spiro atoms. The molecule has 2 aliphatic heterocycles. The highest BCUT2D eigenvalue weighted by Crippen LogP contribution is 2.48. The molecule has 1 aromatic heterocycles. The average molecular weight is 300 g/mol. The van der Waals surface area contributed by atoms with Crippen LogP contribution >= 0.6 is 0 Å². The summed E-state index contributed by atoms with van der Waals surface area (Å²) >= 11 is 0. The third kappa shape index (κ3) is 1.83. The van der Waals surface area contributed by atoms with E-state index in [2.05, 4.69) is 4.98 Å². The van der Waals surface area contributed by atoms with E-state index in [9.17, 15) is 19.8 Å². The minimum Gasteiger partial charge on any atom is -0.394 e. The second-order valence-corrected chi connectivity index (χ2v) is 5.27. The Morgan fingerprint density at radius 1 is 1.57 bits per heavy atom. The number of ether oxygens (including phenoxy) is 2. The Hall–Kier alpha value is -1.48. The normalized spacial score (nSPS) is 41.5. The van der Waals surface area contributed by atoms with Crippen LogP contribution in [-0.4, -0.2) is 50.7 Å². The summed E-state index contributed by atoms with van der Waals surface area (Å²) in [5.74, 6) is 0. The van der Waals surface area contributed by atoms with Crippen LogP contribution < -0.4 is 11.2 Å². The molecule has 0 saturated carbocycles. The van der Waals surface area contributed by atoms with Gasteiger partial charge in [0.05, 0.1) is 15.9 Å². The second-order valence-electron chi connectivity index (χ2n) is 5.27. The van der Waals surface area contributed by atoms with E-state index in [1.807, 2.05) is 0 Å². The molecule has 2 aliphatic rings. The molecule has 1 aromatic rings. The van der Waals surface area contributed by atoms with Crippen LogP contribution in [0.2, 0.25) is 0 Å². The maximum absolute atomic E-state index is 12.2. The van der Waals surface area contributed by atoms with Crippen LogP contribution in [0.25, 0.3) is 0 Å². The number of H-pyrrole nitrogens is 1. The lowest BCUT2D eigenvalue weighted by Gasteiger charge is -2.44. The summed E-state index contributed by atoms with van der Waals surface area (Å²) in [5.41, 5.74) is -2.31. The number of aromatic nitrogens is 2. The van der Waals surface area contributed by atoms with Crippen molar-refractivity contribution in [3.63, 3.8) is 0 Å². The van der Waals surface area contributed by atoms with E-state index in [0.717, 1.165) is 4.57 Å². The summed E-state index contributed by atoms with van der Waals surface area (Å²) in [6, 6.07) is 0. The predicted octanol–water partition coefficient (Wildman–Crippen LogP) is -1.44. The molecule has 21 heavy (non-hydrogen) atoms. The quantitative estimate of drug-likeness (QED) is 0.616. The summed E-state index contributed by atoms with van der Waals surface area (Å²) in [5, 5.41) is 20.0. The van der Waals surface area contributed by atoms with E-state index in [1.54, 1.807) is 0 Å². The van der Waals surface area contributed by atoms with Gasteiger partial charge in [-0.3, -0.25) is 14.3 Å². The van der Waals surface area contributed by atoms with Gasteiger partial charge in [0.15, 0.2) is 6.23 Å². The molecule has 3 rings (SSSR count). The molecular weight excluding hydrogens is 280 g/mol. The number of rotatable bonds is 2. The Balaban J connectivity index is 2.20. The van der Waals surface area contributed by atoms with Crippen molar-refractivity contribution in [3.05, 3.63) is 32.1 Å². The van der Waals surface area contributed by atoms with Crippen molar-refractivity contribution in [2.75, 3.05) is 13.2 Å². The number of nitrogens with one attached hydrogen (secondary N) is 1. The van der Waals surface area contributed by atoms with Gasteiger partial charge in [-0.05, 0) is 13.8 Å². The number of hydrogen-bond acceptors (Lipinski definition) is 6. The average Bonchev–Trinajstić information content (AvgIpc) is 2.63. The van der Waals surface area contributed by atoms with E-state index < -0.39 is 41.8 Å². The van der Waals surface area contributed by atoms with Crippen molar-refractivity contribution in [1.29, 1.82) is 0 Å². The molecule has 8 heteroatoms. The van der Waals surface area contributed by atoms with Crippen molar-refractivity contribution in [3.8, 4) is 0 Å². The number of hydrogen-bond donors (Lipinski definition) is 3. The van der Waals surface area contributed by atoms with E-state index >= 15 is 0 Å². The number of aliphatic hydroxyl groups is 2. The van der Waals surface area contributed by atoms with Crippen LogP contribution in [0.1, 0.15) is 26.6 Å². The molecule has 2 fully saturated rings. The fourth-order valence-electron chi connectivity index (χ4n) is 2.81. The zero-order valence-electron chi connectivity index (χ0n) is 13.6. The van der Waals surface area contributed by atoms with Gasteiger partial charge < -0.3 is 19.7 Å². The molecule has 0 radical (unpaired) electrons. The first-order chi connectivity index (χ1) is 10.6. The van der Waals surface area contributed by atoms with E-state index in [0.29, 0.717) is 5.69 Å². The topological polar surface area (TPSA) is 114 Å². The summed E-state index contributed by atoms with van der Waals surface area (Å²) in [7, 11) is 0. The third-order valence-corrected chi connectivity index (χ3v) is 4.26. The molecule has 0 amide bonds. The van der Waals surface area contributed by atoms with Crippen LogP contribution in [0.5, 0.6) is 0 Å². The molecule has 0 bridgehead atoms. The van der Waals surface area contributed by atoms with Crippen molar-refractivity contribution < 1.29 is 22.4 Å². The molecule has 3 heterocycles. The molecule has 2 saturated heterocycles. The highest BCUT2D eigenvalue weighted by Gasteiger charge is 2.62. The minimum absolute atomic E-state index is 0.213. The van der Waals surface area contributed by atoms with Crippen LogP contribution in [0, 0.1) is 13.8 Å². The number of nitrogens with zero attached hydrogens (tertiary/aromatic N) is 1. The summed E-state index contributed by atoms with van der Waals surface area (Å²) in [6.07, 6.45) is -5.00. The maximum Gasteiger partial charge on any atom is 0.330 e. The fourth-order valence-corrected chi connectivity index (χ4v) is 2.81. The first-order valence-electron chi connectivity index (χ1n) is 7.65. The van der Waals surface area contributed by atoms with Crippen LogP contribution in [0.4, 0.5) is 0 Å². The van der Waals surface area contributed by atoms with Gasteiger partial charge in [0.25, 0.3) is 5.56 Å². The maximum atomic E-state index is 12.2. The highest BCUT2D eigenvalue weighted by atomic mass is 16.6. The Morgan fingerprint density at radius 2 is 2.24 bits per heavy atom. The predicted molar refractivity (Wildman–Crippen MR) is 71.1 cm³/mol. The van der Waals surface area contributed by atoms with Gasteiger partial charge in [-0.15, -0.1) is 0 Å². The van der Waals surface area contributed by atoms with Gasteiger partial charge in [-0.1, -0.05) is 0 Å². The summed E-state index contributed by atoms with van der Waals surface area (Å²) in [4.78, 5) is 26.1. The van der Waals surface area contributed by atoms with Crippen molar-refractivity contribution in [1.82, 2.24) is 9.55 Å². The molecule has 5 atom stereocenters. The zero-order chi connectivity index (χ0) is 17.2. The number of aromatic amines is 1. The van der Waals surface area contributed by atoms with Gasteiger partial charge in [0, 0.05) is 17.7 Å². The molecule has 1 unspecified atom stereocenters. The second kappa shape index (κ2) is 4.77. The van der Waals surface area contributed by atoms with Crippen LogP contribution in [0.15, 0.2) is 9.59 Å². The van der Waals surface area contributed by atoms with Gasteiger partial charge in [0.1, 0.15) is 17.8 Å². The van der Waals surface area contributed by atoms with E-state index in [-0.39, 0.29) is 18.6 Å². The molecule has 0 aromatic carbocycles. The molecule has 8 nitrogen and oxygen atoms in total. The lowest BCUT2D eigenvalue weighted by atomic mass is 9.86. The summed E-state index contributed by atoms with van der Waals surface area (Å²) < 4.78 is 27.5. The van der Waals surface area contributed by atoms with Gasteiger partial charge in [-0.25, -0.2) is 4.79 Å². The lowest BCUT2D eigenvalue weighted by Crippen LogP contribution is -2.58. The standard InChI is InChI=1S/C13H18N2O6/c1-6-7(2)15(12(19)14-10(6)18)11-13(3-4-20-13)9(17)8(5-16)21-11/h8-9,11,16-17H,3-5H2,1-2H3,(H,14,18,19)/t8-,9-,11-,13-/m1/s1/i5D,9D/t5?,8-,9-,11-,13-. The van der Waals surface area contributed by atoms with Crippen molar-refractivity contribution in [2.45, 2.75) is 44.3 Å².